The van der Waals surface area contributed by atoms with Crippen molar-refractivity contribution in [3.63, 3.8) is 0 Å². The van der Waals surface area contributed by atoms with E-state index in [1.807, 2.05) is 6.08 Å². The number of carbonyl (C=O) groups is 1. The average Bonchev–Trinajstić information content (AvgIpc) is 2.45. The smallest absolute Gasteiger partial charge is 0.258 e. The van der Waals surface area contributed by atoms with Crippen molar-refractivity contribution in [3.8, 4) is 5.75 Å². The Kier molecular flexibility index (Phi) is 7.11. The third kappa shape index (κ3) is 5.69. The minimum atomic E-state index is -0.820. The molecule has 2 rings (SSSR count). The van der Waals surface area contributed by atoms with E-state index in [2.05, 4.69) is 10.6 Å². The maximum Gasteiger partial charge on any atom is 0.258 e. The fourth-order valence-electron chi connectivity index (χ4n) is 1.83. The number of halogens is 3. The van der Waals surface area contributed by atoms with Gasteiger partial charge in [0.1, 0.15) is 5.82 Å². The number of carbonyl (C=O) groups excluding carboxylic acids is 1. The third-order valence-electron chi connectivity index (χ3n) is 2.92. The summed E-state index contributed by atoms with van der Waals surface area (Å²) in [6, 6.07) is 2.95. The van der Waals surface area contributed by atoms with Gasteiger partial charge in [-0.3, -0.25) is 4.79 Å². The molecule has 0 spiro atoms. The van der Waals surface area contributed by atoms with Crippen molar-refractivity contribution in [2.24, 2.45) is 0 Å². The summed E-state index contributed by atoms with van der Waals surface area (Å²) >= 11 is 0. The first-order valence-corrected chi connectivity index (χ1v) is 6.38. The normalized spacial score (nSPS) is 13.9. The molecule has 0 unspecified atom stereocenters. The predicted octanol–water partition coefficient (Wildman–Crippen LogP) is 1.80. The van der Waals surface area contributed by atoms with Crippen molar-refractivity contribution in [1.82, 2.24) is 10.6 Å². The average molecular weight is 319 g/mol. The molecule has 0 saturated heterocycles. The highest BCUT2D eigenvalue weighted by Gasteiger charge is 2.09. The molecule has 1 heterocycles. The number of amides is 1. The van der Waals surface area contributed by atoms with Gasteiger partial charge in [0.15, 0.2) is 18.2 Å². The fourth-order valence-corrected chi connectivity index (χ4v) is 1.83. The lowest BCUT2D eigenvalue weighted by atomic mass is 10.1. The van der Waals surface area contributed by atoms with E-state index in [4.69, 9.17) is 4.74 Å². The third-order valence-corrected chi connectivity index (χ3v) is 2.92. The van der Waals surface area contributed by atoms with Crippen LogP contribution < -0.4 is 15.4 Å². The predicted molar refractivity (Wildman–Crippen MR) is 77.7 cm³/mol. The van der Waals surface area contributed by atoms with Crippen molar-refractivity contribution < 1.29 is 18.3 Å². The summed E-state index contributed by atoms with van der Waals surface area (Å²) in [4.78, 5) is 11.6. The van der Waals surface area contributed by atoms with E-state index in [1.165, 1.54) is 0 Å². The molecule has 1 amide bonds. The number of nitrogens with one attached hydrogen (secondary N) is 2. The number of rotatable bonds is 5. The summed E-state index contributed by atoms with van der Waals surface area (Å²) in [5.74, 6) is -1.98. The van der Waals surface area contributed by atoms with Crippen LogP contribution in [-0.4, -0.2) is 32.1 Å². The molecule has 116 valence electrons. The summed E-state index contributed by atoms with van der Waals surface area (Å²) < 4.78 is 31.0. The Morgan fingerprint density at radius 1 is 1.38 bits per heavy atom. The Morgan fingerprint density at radius 3 is 2.86 bits per heavy atom. The molecular formula is C14H17ClF2N2O2. The number of hydrogen-bond donors (Lipinski definition) is 2. The van der Waals surface area contributed by atoms with Gasteiger partial charge in [0, 0.05) is 19.2 Å². The molecule has 0 radical (unpaired) electrons. The Morgan fingerprint density at radius 2 is 2.19 bits per heavy atom. The first-order valence-electron chi connectivity index (χ1n) is 6.38. The molecule has 4 nitrogen and oxygen atoms in total. The largest absolute Gasteiger partial charge is 0.481 e. The van der Waals surface area contributed by atoms with Gasteiger partial charge in [-0.1, -0.05) is 11.6 Å². The second-order valence-corrected chi connectivity index (χ2v) is 4.46. The van der Waals surface area contributed by atoms with Crippen LogP contribution in [0.2, 0.25) is 0 Å². The highest BCUT2D eigenvalue weighted by Crippen LogP contribution is 2.17. The molecule has 0 bridgehead atoms. The summed E-state index contributed by atoms with van der Waals surface area (Å²) in [6.07, 6.45) is 2.93. The molecule has 0 aromatic heterocycles. The molecule has 1 aliphatic rings. The monoisotopic (exact) mass is 318 g/mol. The number of hydrogen-bond acceptors (Lipinski definition) is 3. The topological polar surface area (TPSA) is 50.4 Å². The van der Waals surface area contributed by atoms with Crippen molar-refractivity contribution >= 4 is 18.3 Å². The van der Waals surface area contributed by atoms with Crippen molar-refractivity contribution in [2.75, 3.05) is 26.2 Å². The molecule has 0 atom stereocenters. The van der Waals surface area contributed by atoms with Crippen LogP contribution in [0.15, 0.2) is 29.8 Å². The van der Waals surface area contributed by atoms with Crippen LogP contribution in [0.25, 0.3) is 0 Å². The van der Waals surface area contributed by atoms with Crippen LogP contribution in [0, 0.1) is 11.6 Å². The van der Waals surface area contributed by atoms with E-state index in [0.29, 0.717) is 12.6 Å². The molecule has 21 heavy (non-hydrogen) atoms. The van der Waals surface area contributed by atoms with Gasteiger partial charge in [-0.05, 0) is 25.1 Å². The van der Waals surface area contributed by atoms with Gasteiger partial charge in [0.2, 0.25) is 0 Å². The standard InChI is InChI=1S/C14H16F2N2O2.ClH/c15-11-1-2-13(12(16)7-11)20-9-14(19)18-8-10-3-5-17-6-4-10;/h1-3,7,17H,4-6,8-9H2,(H,18,19);1H. The first kappa shape index (κ1) is 17.4. The second kappa shape index (κ2) is 8.59. The van der Waals surface area contributed by atoms with E-state index in [0.717, 1.165) is 37.2 Å². The van der Waals surface area contributed by atoms with Crippen LogP contribution in [0.4, 0.5) is 8.78 Å². The summed E-state index contributed by atoms with van der Waals surface area (Å²) in [7, 11) is 0. The van der Waals surface area contributed by atoms with E-state index in [-0.39, 0.29) is 30.7 Å². The molecule has 0 fully saturated rings. The number of benzene rings is 1. The summed E-state index contributed by atoms with van der Waals surface area (Å²) in [5, 5.41) is 5.87. The van der Waals surface area contributed by atoms with E-state index in [9.17, 15) is 13.6 Å². The quantitative estimate of drug-likeness (QED) is 0.814. The van der Waals surface area contributed by atoms with Gasteiger partial charge < -0.3 is 15.4 Å². The van der Waals surface area contributed by atoms with Crippen molar-refractivity contribution in [2.45, 2.75) is 6.42 Å². The summed E-state index contributed by atoms with van der Waals surface area (Å²) in [6.45, 7) is 1.88. The zero-order valence-corrected chi connectivity index (χ0v) is 12.1. The first-order chi connectivity index (χ1) is 9.65. The van der Waals surface area contributed by atoms with Gasteiger partial charge in [-0.25, -0.2) is 8.78 Å². The number of ether oxygens (including phenoxy) is 1. The van der Waals surface area contributed by atoms with E-state index >= 15 is 0 Å². The summed E-state index contributed by atoms with van der Waals surface area (Å²) in [5.41, 5.74) is 1.16. The van der Waals surface area contributed by atoms with Crippen LogP contribution in [0.3, 0.4) is 0 Å². The lowest BCUT2D eigenvalue weighted by Gasteiger charge is -2.14. The van der Waals surface area contributed by atoms with Crippen LogP contribution in [0.5, 0.6) is 5.75 Å². The molecule has 1 aromatic carbocycles. The minimum Gasteiger partial charge on any atom is -0.481 e. The van der Waals surface area contributed by atoms with Gasteiger partial charge in [-0.2, -0.15) is 0 Å². The SMILES string of the molecule is Cl.O=C(COc1ccc(F)cc1F)NCC1=CCNCC1. The van der Waals surface area contributed by atoms with Crippen molar-refractivity contribution in [3.05, 3.63) is 41.5 Å². The Hall–Kier alpha value is -1.66. The molecule has 2 N–H and O–H groups in total. The minimum absolute atomic E-state index is 0. The van der Waals surface area contributed by atoms with Crippen LogP contribution in [0.1, 0.15) is 6.42 Å². The molecule has 0 aliphatic carbocycles. The Balaban J connectivity index is 0.00000220. The van der Waals surface area contributed by atoms with E-state index in [1.54, 1.807) is 0 Å². The lowest BCUT2D eigenvalue weighted by Crippen LogP contribution is -2.32. The fraction of sp³-hybridized carbons (Fsp3) is 0.357. The second-order valence-electron chi connectivity index (χ2n) is 4.46. The highest BCUT2D eigenvalue weighted by atomic mass is 35.5. The van der Waals surface area contributed by atoms with Crippen LogP contribution >= 0.6 is 12.4 Å². The maximum absolute atomic E-state index is 13.3. The zero-order valence-electron chi connectivity index (χ0n) is 11.3. The van der Waals surface area contributed by atoms with E-state index < -0.39 is 11.6 Å². The molecule has 7 heteroatoms. The maximum atomic E-state index is 13.3. The van der Waals surface area contributed by atoms with Gasteiger partial charge in [-0.15, -0.1) is 12.4 Å². The molecule has 0 saturated carbocycles. The Labute approximate surface area is 128 Å². The lowest BCUT2D eigenvalue weighted by molar-refractivity contribution is -0.122. The molecule has 1 aliphatic heterocycles. The Bertz CT molecular complexity index is 524. The highest BCUT2D eigenvalue weighted by molar-refractivity contribution is 5.85. The van der Waals surface area contributed by atoms with Gasteiger partial charge >= 0.3 is 0 Å². The van der Waals surface area contributed by atoms with Gasteiger partial charge in [0.25, 0.3) is 5.91 Å². The molecule has 1 aromatic rings. The van der Waals surface area contributed by atoms with Gasteiger partial charge in [0.05, 0.1) is 0 Å². The van der Waals surface area contributed by atoms with Crippen molar-refractivity contribution in [1.29, 1.82) is 0 Å². The molecular weight excluding hydrogens is 302 g/mol. The zero-order chi connectivity index (χ0) is 14.4. The van der Waals surface area contributed by atoms with Crippen LogP contribution in [-0.2, 0) is 4.79 Å².